The fourth-order valence-corrected chi connectivity index (χ4v) is 3.10. The van der Waals surface area contributed by atoms with Crippen LogP contribution in [0.25, 0.3) is 16.9 Å². The minimum absolute atomic E-state index is 0.0142. The molecule has 0 saturated heterocycles. The first-order valence-corrected chi connectivity index (χ1v) is 9.03. The van der Waals surface area contributed by atoms with Crippen LogP contribution < -0.4 is 15.8 Å². The van der Waals surface area contributed by atoms with Crippen molar-refractivity contribution in [1.29, 1.82) is 5.26 Å². The highest BCUT2D eigenvalue weighted by Crippen LogP contribution is 2.30. The highest BCUT2D eigenvalue weighted by molar-refractivity contribution is 5.67. The molecule has 0 spiro atoms. The van der Waals surface area contributed by atoms with Crippen molar-refractivity contribution in [2.45, 2.75) is 12.5 Å². The average molecular weight is 377 g/mol. The Hall–Kier alpha value is -3.37. The van der Waals surface area contributed by atoms with E-state index in [4.69, 9.17) is 15.7 Å². The molecule has 3 aromatic rings. The zero-order valence-corrected chi connectivity index (χ0v) is 15.4. The number of benzene rings is 2. The summed E-state index contributed by atoms with van der Waals surface area (Å²) in [4.78, 5) is 0. The van der Waals surface area contributed by atoms with Crippen LogP contribution in [0.2, 0.25) is 0 Å². The summed E-state index contributed by atoms with van der Waals surface area (Å²) in [5.41, 5.74) is 8.06. The van der Waals surface area contributed by atoms with E-state index in [0.717, 1.165) is 30.1 Å². The Labute approximate surface area is 162 Å². The van der Waals surface area contributed by atoms with E-state index in [1.807, 2.05) is 36.4 Å². The van der Waals surface area contributed by atoms with Gasteiger partial charge >= 0.3 is 0 Å². The predicted molar refractivity (Wildman–Crippen MR) is 105 cm³/mol. The quantitative estimate of drug-likeness (QED) is 0.688. The number of nitriles is 1. The first kappa shape index (κ1) is 18.0. The molecule has 0 unspecified atom stereocenters. The van der Waals surface area contributed by atoms with Crippen LogP contribution in [-0.4, -0.2) is 29.5 Å². The number of rotatable bonds is 6. The van der Waals surface area contributed by atoms with Crippen molar-refractivity contribution < 1.29 is 9.13 Å². The predicted octanol–water partition coefficient (Wildman–Crippen LogP) is 3.32. The fraction of sp³-hybridized carbons (Fsp3) is 0.238. The van der Waals surface area contributed by atoms with Gasteiger partial charge in [0.25, 0.3) is 0 Å². The van der Waals surface area contributed by atoms with Crippen molar-refractivity contribution in [3.63, 3.8) is 0 Å². The lowest BCUT2D eigenvalue weighted by Gasteiger charge is -2.09. The molecular formula is C21H20FN5O. The third-order valence-electron chi connectivity index (χ3n) is 4.93. The summed E-state index contributed by atoms with van der Waals surface area (Å²) in [7, 11) is 1.61. The van der Waals surface area contributed by atoms with Crippen LogP contribution in [-0.2, 0) is 0 Å². The molecule has 0 bridgehead atoms. The molecule has 1 fully saturated rings. The van der Waals surface area contributed by atoms with Crippen LogP contribution in [0, 0.1) is 23.1 Å². The number of nitrogens with zero attached hydrogens (tertiary/aromatic N) is 3. The molecule has 6 nitrogen and oxygen atoms in total. The van der Waals surface area contributed by atoms with E-state index in [-0.39, 0.29) is 11.6 Å². The number of halogens is 1. The number of aromatic nitrogens is 2. The van der Waals surface area contributed by atoms with E-state index < -0.39 is 5.82 Å². The zero-order valence-electron chi connectivity index (χ0n) is 15.4. The monoisotopic (exact) mass is 377 g/mol. The molecule has 3 N–H and O–H groups in total. The molecule has 1 aliphatic carbocycles. The van der Waals surface area contributed by atoms with E-state index in [9.17, 15) is 4.39 Å². The number of hydrogen-bond acceptors (Lipinski definition) is 5. The Balaban J connectivity index is 1.72. The van der Waals surface area contributed by atoms with Gasteiger partial charge in [0.1, 0.15) is 23.5 Å². The van der Waals surface area contributed by atoms with Gasteiger partial charge in [-0.3, -0.25) is 0 Å². The number of anilines is 1. The molecule has 7 heteroatoms. The minimum Gasteiger partial charge on any atom is -0.497 e. The summed E-state index contributed by atoms with van der Waals surface area (Å²) in [5, 5.41) is 16.9. The van der Waals surface area contributed by atoms with Gasteiger partial charge in [-0.25, -0.2) is 9.07 Å². The number of nitrogens with one attached hydrogen (secondary N) is 1. The summed E-state index contributed by atoms with van der Waals surface area (Å²) in [6.45, 7) is 0.752. The zero-order chi connectivity index (χ0) is 19.7. The van der Waals surface area contributed by atoms with Gasteiger partial charge in [0, 0.05) is 24.2 Å². The van der Waals surface area contributed by atoms with Crippen molar-refractivity contribution >= 4 is 5.82 Å². The molecular weight excluding hydrogens is 357 g/mol. The van der Waals surface area contributed by atoms with E-state index in [1.54, 1.807) is 17.9 Å². The van der Waals surface area contributed by atoms with Crippen molar-refractivity contribution in [3.8, 4) is 28.8 Å². The van der Waals surface area contributed by atoms with E-state index in [0.29, 0.717) is 17.3 Å². The molecule has 0 aliphatic heterocycles. The standard InChI is InChI=1S/C21H20FN5O/c1-28-17-6-4-16(5-7-17)27-20(13-2-3-14(11-23)18(22)8-13)10-21(26-27)25-12-15-9-19(15)24/h2-8,10,15,19H,9,12,24H2,1H3,(H,25,26)/t15-,19-/m1/s1. The molecule has 1 saturated carbocycles. The Morgan fingerprint density at radius 2 is 2.04 bits per heavy atom. The van der Waals surface area contributed by atoms with Crippen LogP contribution in [0.1, 0.15) is 12.0 Å². The van der Waals surface area contributed by atoms with E-state index >= 15 is 0 Å². The van der Waals surface area contributed by atoms with E-state index in [2.05, 4.69) is 10.4 Å². The first-order valence-electron chi connectivity index (χ1n) is 9.03. The van der Waals surface area contributed by atoms with Gasteiger partial charge in [0.15, 0.2) is 0 Å². The molecule has 2 aromatic carbocycles. The molecule has 0 radical (unpaired) electrons. The van der Waals surface area contributed by atoms with Crippen LogP contribution in [0.15, 0.2) is 48.5 Å². The van der Waals surface area contributed by atoms with Gasteiger partial charge < -0.3 is 15.8 Å². The fourth-order valence-electron chi connectivity index (χ4n) is 3.10. The second-order valence-corrected chi connectivity index (χ2v) is 6.87. The maximum absolute atomic E-state index is 14.2. The molecule has 2 atom stereocenters. The summed E-state index contributed by atoms with van der Waals surface area (Å²) in [5.74, 6) is 1.33. The highest BCUT2D eigenvalue weighted by atomic mass is 19.1. The average Bonchev–Trinajstić information content (AvgIpc) is 3.26. The topological polar surface area (TPSA) is 88.9 Å². The lowest BCUT2D eigenvalue weighted by molar-refractivity contribution is 0.414. The van der Waals surface area contributed by atoms with Crippen LogP contribution in [0.5, 0.6) is 5.75 Å². The van der Waals surface area contributed by atoms with Gasteiger partial charge in [-0.1, -0.05) is 6.07 Å². The number of methoxy groups -OCH3 is 1. The van der Waals surface area contributed by atoms with Crippen molar-refractivity contribution in [1.82, 2.24) is 9.78 Å². The van der Waals surface area contributed by atoms with Crippen molar-refractivity contribution in [2.75, 3.05) is 19.0 Å². The van der Waals surface area contributed by atoms with Crippen LogP contribution in [0.4, 0.5) is 10.2 Å². The molecule has 0 amide bonds. The van der Waals surface area contributed by atoms with Gasteiger partial charge in [-0.2, -0.15) is 5.26 Å². The van der Waals surface area contributed by atoms with Crippen molar-refractivity contribution in [3.05, 3.63) is 59.9 Å². The molecule has 1 aliphatic rings. The Kier molecular flexibility index (Phi) is 4.72. The number of hydrogen-bond donors (Lipinski definition) is 2. The van der Waals surface area contributed by atoms with Gasteiger partial charge in [-0.15, -0.1) is 5.10 Å². The lowest BCUT2D eigenvalue weighted by atomic mass is 10.1. The van der Waals surface area contributed by atoms with Crippen LogP contribution in [0.3, 0.4) is 0 Å². The summed E-state index contributed by atoms with van der Waals surface area (Å²) >= 11 is 0. The maximum atomic E-state index is 14.2. The van der Waals surface area contributed by atoms with Gasteiger partial charge in [-0.05, 0) is 48.7 Å². The summed E-state index contributed by atoms with van der Waals surface area (Å²) < 4.78 is 21.1. The largest absolute Gasteiger partial charge is 0.497 e. The molecule has 142 valence electrons. The first-order chi connectivity index (χ1) is 13.6. The van der Waals surface area contributed by atoms with E-state index in [1.165, 1.54) is 12.1 Å². The van der Waals surface area contributed by atoms with Gasteiger partial charge in [0.2, 0.25) is 0 Å². The summed E-state index contributed by atoms with van der Waals surface area (Å²) in [6, 6.07) is 16.0. The SMILES string of the molecule is COc1ccc(-n2nc(NC[C@H]3C[C@H]3N)cc2-c2ccc(C#N)c(F)c2)cc1. The lowest BCUT2D eigenvalue weighted by Crippen LogP contribution is -2.11. The maximum Gasteiger partial charge on any atom is 0.149 e. The third-order valence-corrected chi connectivity index (χ3v) is 4.93. The molecule has 4 rings (SSSR count). The second-order valence-electron chi connectivity index (χ2n) is 6.87. The van der Waals surface area contributed by atoms with Gasteiger partial charge in [0.05, 0.1) is 24.1 Å². The smallest absolute Gasteiger partial charge is 0.149 e. The highest BCUT2D eigenvalue weighted by Gasteiger charge is 2.33. The van der Waals surface area contributed by atoms with Crippen molar-refractivity contribution in [2.24, 2.45) is 11.7 Å². The summed E-state index contributed by atoms with van der Waals surface area (Å²) in [6.07, 6.45) is 1.01. The van der Waals surface area contributed by atoms with Crippen LogP contribution >= 0.6 is 0 Å². The molecule has 1 heterocycles. The number of ether oxygens (including phenoxy) is 1. The normalized spacial score (nSPS) is 17.8. The Bertz CT molecular complexity index is 1040. The Morgan fingerprint density at radius 1 is 1.29 bits per heavy atom. The third kappa shape index (κ3) is 3.55. The minimum atomic E-state index is -0.555. The molecule has 1 aromatic heterocycles. The number of nitrogens with two attached hydrogens (primary N) is 1. The second kappa shape index (κ2) is 7.33. The Morgan fingerprint density at radius 3 is 2.64 bits per heavy atom. The molecule has 28 heavy (non-hydrogen) atoms.